The van der Waals surface area contributed by atoms with Crippen LogP contribution in [0, 0.1) is 5.82 Å². The number of halogens is 5. The average molecular weight is 555 g/mol. The van der Waals surface area contributed by atoms with Gasteiger partial charge in [0.2, 0.25) is 5.91 Å². The maximum absolute atomic E-state index is 13.8. The Balaban J connectivity index is 1.57. The van der Waals surface area contributed by atoms with Crippen LogP contribution >= 0.6 is 11.6 Å². The molecule has 0 spiro atoms. The van der Waals surface area contributed by atoms with Gasteiger partial charge < -0.3 is 14.3 Å². The zero-order chi connectivity index (χ0) is 27.6. The Morgan fingerprint density at radius 1 is 1.00 bits per heavy atom. The predicted molar refractivity (Wildman–Crippen MR) is 141 cm³/mol. The lowest BCUT2D eigenvalue weighted by molar-refractivity contribution is -0.137. The van der Waals surface area contributed by atoms with E-state index in [-0.39, 0.29) is 24.7 Å². The summed E-state index contributed by atoms with van der Waals surface area (Å²) >= 11 is 5.90. The number of furan rings is 1. The second-order valence-electron chi connectivity index (χ2n) is 9.21. The van der Waals surface area contributed by atoms with Crippen LogP contribution in [0.15, 0.2) is 95.7 Å². The molecule has 0 aliphatic heterocycles. The van der Waals surface area contributed by atoms with Crippen LogP contribution in [-0.2, 0) is 24.1 Å². The second kappa shape index (κ2) is 11.0. The molecule has 2 aromatic heterocycles. The molecule has 39 heavy (non-hydrogen) atoms. The van der Waals surface area contributed by atoms with Crippen molar-refractivity contribution in [3.8, 4) is 0 Å². The van der Waals surface area contributed by atoms with Gasteiger partial charge in [-0.15, -0.1) is 0 Å². The first-order chi connectivity index (χ1) is 18.7. The number of nitrogens with zero attached hydrogens (tertiary/aromatic N) is 1. The highest BCUT2D eigenvalue weighted by molar-refractivity contribution is 6.31. The van der Waals surface area contributed by atoms with Gasteiger partial charge >= 0.3 is 6.18 Å². The van der Waals surface area contributed by atoms with Crippen LogP contribution in [0.3, 0.4) is 0 Å². The number of carbonyl (C=O) groups excluding carboxylic acids is 1. The zero-order valence-electron chi connectivity index (χ0n) is 20.5. The van der Waals surface area contributed by atoms with Gasteiger partial charge in [-0.2, -0.15) is 13.2 Å². The smallest absolute Gasteiger partial charge is 0.417 e. The molecular formula is C30H23ClF4N2O2. The molecule has 5 aromatic rings. The largest absolute Gasteiger partial charge is 0.467 e. The number of aromatic nitrogens is 1. The molecule has 0 bridgehead atoms. The monoisotopic (exact) mass is 554 g/mol. The van der Waals surface area contributed by atoms with Crippen molar-refractivity contribution < 1.29 is 26.8 Å². The molecule has 9 heteroatoms. The lowest BCUT2D eigenvalue weighted by Gasteiger charge is -2.19. The van der Waals surface area contributed by atoms with Crippen molar-refractivity contribution in [2.24, 2.45) is 0 Å². The maximum atomic E-state index is 13.8. The molecule has 5 rings (SSSR count). The van der Waals surface area contributed by atoms with E-state index in [0.29, 0.717) is 23.4 Å². The molecule has 0 radical (unpaired) electrons. The molecule has 200 valence electrons. The molecular weight excluding hydrogens is 532 g/mol. The van der Waals surface area contributed by atoms with Crippen LogP contribution < -0.4 is 5.32 Å². The lowest BCUT2D eigenvalue weighted by atomic mass is 9.87. The molecule has 3 aromatic carbocycles. The molecule has 4 nitrogen and oxygen atoms in total. The Kier molecular flexibility index (Phi) is 7.48. The van der Waals surface area contributed by atoms with Gasteiger partial charge in [-0.1, -0.05) is 48.0 Å². The summed E-state index contributed by atoms with van der Waals surface area (Å²) in [6.45, 7) is 0.561. The number of fused-ring (bicyclic) bond motifs is 1. The number of amides is 1. The summed E-state index contributed by atoms with van der Waals surface area (Å²) in [4.78, 5) is 13.1. The Hall–Kier alpha value is -4.04. The predicted octanol–water partition coefficient (Wildman–Crippen LogP) is 7.93. The van der Waals surface area contributed by atoms with Gasteiger partial charge in [-0.05, 0) is 59.2 Å². The van der Waals surface area contributed by atoms with E-state index in [4.69, 9.17) is 16.0 Å². The molecule has 0 saturated carbocycles. The van der Waals surface area contributed by atoms with Gasteiger partial charge in [0.15, 0.2) is 0 Å². The third-order valence-electron chi connectivity index (χ3n) is 6.59. The van der Waals surface area contributed by atoms with Crippen LogP contribution in [0.4, 0.5) is 17.6 Å². The average Bonchev–Trinajstić information content (AvgIpc) is 3.56. The molecule has 0 aliphatic carbocycles. The van der Waals surface area contributed by atoms with E-state index in [9.17, 15) is 22.4 Å². The SMILES string of the molecule is O=C(C[C@@H](c1ccc(Cl)c(C(F)(F)F)c1)c1cn(Cc2ccc(F)cc2)c2ccccc12)NCc1ccco1. The topological polar surface area (TPSA) is 47.2 Å². The summed E-state index contributed by atoms with van der Waals surface area (Å²) in [5.74, 6) is -0.850. The fourth-order valence-electron chi connectivity index (χ4n) is 4.71. The highest BCUT2D eigenvalue weighted by Gasteiger charge is 2.34. The van der Waals surface area contributed by atoms with Gasteiger partial charge in [-0.3, -0.25) is 4.79 Å². The number of nitrogens with one attached hydrogen (secondary N) is 1. The summed E-state index contributed by atoms with van der Waals surface area (Å²) in [6.07, 6.45) is -1.42. The van der Waals surface area contributed by atoms with E-state index in [1.807, 2.05) is 35.0 Å². The van der Waals surface area contributed by atoms with Crippen LogP contribution in [0.1, 0.15) is 40.4 Å². The normalized spacial score (nSPS) is 12.5. The minimum absolute atomic E-state index is 0.107. The molecule has 1 atom stereocenters. The highest BCUT2D eigenvalue weighted by atomic mass is 35.5. The standard InChI is InChI=1S/C30H23ClF4N2O2/c31-27-12-9-20(14-26(27)30(33,34)35)24(15-29(38)36-16-22-4-3-13-39-22)25-18-37(28-6-2-1-5-23(25)28)17-19-7-10-21(32)11-8-19/h1-14,18,24H,15-17H2,(H,36,38)/t24-/m0/s1. The van der Waals surface area contributed by atoms with Gasteiger partial charge in [0.1, 0.15) is 11.6 Å². The van der Waals surface area contributed by atoms with E-state index in [1.54, 1.807) is 24.3 Å². The quantitative estimate of drug-likeness (QED) is 0.198. The molecule has 0 aliphatic rings. The number of benzene rings is 3. The summed E-state index contributed by atoms with van der Waals surface area (Å²) in [7, 11) is 0. The molecule has 1 N–H and O–H groups in total. The van der Waals surface area contributed by atoms with Gasteiger partial charge in [0.25, 0.3) is 0 Å². The van der Waals surface area contributed by atoms with Crippen LogP contribution in [-0.4, -0.2) is 10.5 Å². The van der Waals surface area contributed by atoms with Crippen molar-refractivity contribution >= 4 is 28.4 Å². The van der Waals surface area contributed by atoms with Crippen molar-refractivity contribution in [2.45, 2.75) is 31.6 Å². The van der Waals surface area contributed by atoms with E-state index >= 15 is 0 Å². The summed E-state index contributed by atoms with van der Waals surface area (Å²) < 4.78 is 61.9. The minimum atomic E-state index is -4.66. The molecule has 1 amide bonds. The van der Waals surface area contributed by atoms with Gasteiger partial charge in [0, 0.05) is 36.0 Å². The minimum Gasteiger partial charge on any atom is -0.467 e. The zero-order valence-corrected chi connectivity index (χ0v) is 21.3. The van der Waals surface area contributed by atoms with Gasteiger partial charge in [0.05, 0.1) is 23.4 Å². The summed E-state index contributed by atoms with van der Waals surface area (Å²) in [5, 5.41) is 3.17. The number of hydrogen-bond donors (Lipinski definition) is 1. The van der Waals surface area contributed by atoms with Crippen LogP contribution in [0.5, 0.6) is 0 Å². The van der Waals surface area contributed by atoms with Crippen molar-refractivity contribution in [2.75, 3.05) is 0 Å². The molecule has 0 fully saturated rings. The van der Waals surface area contributed by atoms with Crippen LogP contribution in [0.2, 0.25) is 5.02 Å². The molecule has 2 heterocycles. The van der Waals surface area contributed by atoms with Gasteiger partial charge in [-0.25, -0.2) is 4.39 Å². The Bertz CT molecular complexity index is 1590. The first-order valence-corrected chi connectivity index (χ1v) is 12.5. The fraction of sp³-hybridized carbons (Fsp3) is 0.167. The third-order valence-corrected chi connectivity index (χ3v) is 6.92. The molecule has 0 unspecified atom stereocenters. The Labute approximate surface area is 226 Å². The van der Waals surface area contributed by atoms with E-state index in [0.717, 1.165) is 22.5 Å². The van der Waals surface area contributed by atoms with E-state index in [1.165, 1.54) is 30.5 Å². The second-order valence-corrected chi connectivity index (χ2v) is 9.61. The summed E-state index contributed by atoms with van der Waals surface area (Å²) in [6, 6.07) is 20.8. The number of carbonyl (C=O) groups is 1. The highest BCUT2D eigenvalue weighted by Crippen LogP contribution is 2.40. The van der Waals surface area contributed by atoms with Crippen molar-refractivity contribution in [1.82, 2.24) is 9.88 Å². The maximum Gasteiger partial charge on any atom is 0.417 e. The number of rotatable bonds is 8. The first-order valence-electron chi connectivity index (χ1n) is 12.2. The van der Waals surface area contributed by atoms with Crippen molar-refractivity contribution in [3.05, 3.63) is 130 Å². The number of para-hydroxylation sites is 1. The Morgan fingerprint density at radius 3 is 2.49 bits per heavy atom. The van der Waals surface area contributed by atoms with E-state index < -0.39 is 22.7 Å². The fourth-order valence-corrected chi connectivity index (χ4v) is 4.94. The number of alkyl halides is 3. The number of hydrogen-bond acceptors (Lipinski definition) is 2. The first kappa shape index (κ1) is 26.6. The van der Waals surface area contributed by atoms with Crippen molar-refractivity contribution in [1.29, 1.82) is 0 Å². The van der Waals surface area contributed by atoms with E-state index in [2.05, 4.69) is 5.32 Å². The Morgan fingerprint density at radius 2 is 1.77 bits per heavy atom. The summed E-state index contributed by atoms with van der Waals surface area (Å²) in [5.41, 5.74) is 1.73. The third kappa shape index (κ3) is 6.01. The van der Waals surface area contributed by atoms with Crippen LogP contribution in [0.25, 0.3) is 10.9 Å². The molecule has 0 saturated heterocycles. The lowest BCUT2D eigenvalue weighted by Crippen LogP contribution is -2.25. The van der Waals surface area contributed by atoms with Crippen molar-refractivity contribution in [3.63, 3.8) is 0 Å².